The molecule has 20 heavy (non-hydrogen) atoms. The Labute approximate surface area is 116 Å². The van der Waals surface area contributed by atoms with Gasteiger partial charge in [-0.05, 0) is 25.2 Å². The van der Waals surface area contributed by atoms with E-state index in [1.54, 1.807) is 0 Å². The van der Waals surface area contributed by atoms with Gasteiger partial charge in [-0.3, -0.25) is 0 Å². The molecule has 0 radical (unpaired) electrons. The molecule has 1 aromatic heterocycles. The SMILES string of the molecule is CCC1CCCN(c2cc(N)nc(C(F)(F)F)n2)CC1. The average molecular weight is 288 g/mol. The molecule has 1 saturated heterocycles. The van der Waals surface area contributed by atoms with Crippen molar-refractivity contribution in [3.05, 3.63) is 11.9 Å². The van der Waals surface area contributed by atoms with Gasteiger partial charge in [0.25, 0.3) is 0 Å². The van der Waals surface area contributed by atoms with E-state index in [4.69, 9.17) is 5.73 Å². The maximum Gasteiger partial charge on any atom is 0.451 e. The van der Waals surface area contributed by atoms with Gasteiger partial charge in [0, 0.05) is 19.2 Å². The van der Waals surface area contributed by atoms with Crippen molar-refractivity contribution < 1.29 is 13.2 Å². The molecule has 7 heteroatoms. The quantitative estimate of drug-likeness (QED) is 0.908. The molecule has 4 nitrogen and oxygen atoms in total. The first-order valence-corrected chi connectivity index (χ1v) is 6.87. The molecule has 2 N–H and O–H groups in total. The highest BCUT2D eigenvalue weighted by Gasteiger charge is 2.35. The van der Waals surface area contributed by atoms with Gasteiger partial charge in [0.2, 0.25) is 5.82 Å². The van der Waals surface area contributed by atoms with Crippen LogP contribution in [0.3, 0.4) is 0 Å². The Morgan fingerprint density at radius 2 is 2.05 bits per heavy atom. The molecule has 2 rings (SSSR count). The summed E-state index contributed by atoms with van der Waals surface area (Å²) in [5, 5.41) is 0. The van der Waals surface area contributed by atoms with Crippen molar-refractivity contribution in [3.63, 3.8) is 0 Å². The minimum absolute atomic E-state index is 0.140. The lowest BCUT2D eigenvalue weighted by atomic mass is 9.98. The number of alkyl halides is 3. The van der Waals surface area contributed by atoms with Crippen LogP contribution in [-0.4, -0.2) is 23.1 Å². The normalized spacial score (nSPS) is 20.8. The van der Waals surface area contributed by atoms with Gasteiger partial charge in [0.05, 0.1) is 0 Å². The van der Waals surface area contributed by atoms with E-state index in [9.17, 15) is 13.2 Å². The predicted molar refractivity (Wildman–Crippen MR) is 71.3 cm³/mol. The summed E-state index contributed by atoms with van der Waals surface area (Å²) in [7, 11) is 0. The molecule has 0 amide bonds. The third-order valence-corrected chi connectivity index (χ3v) is 3.73. The summed E-state index contributed by atoms with van der Waals surface area (Å²) >= 11 is 0. The van der Waals surface area contributed by atoms with Crippen LogP contribution in [0.5, 0.6) is 0 Å². The molecule has 1 aliphatic rings. The van der Waals surface area contributed by atoms with Gasteiger partial charge < -0.3 is 10.6 Å². The maximum absolute atomic E-state index is 12.7. The van der Waals surface area contributed by atoms with Crippen LogP contribution in [0.25, 0.3) is 0 Å². The molecule has 0 aromatic carbocycles. The van der Waals surface area contributed by atoms with E-state index in [0.717, 1.165) is 25.7 Å². The number of aromatic nitrogens is 2. The Kier molecular flexibility index (Phi) is 4.35. The first-order valence-electron chi connectivity index (χ1n) is 6.87. The summed E-state index contributed by atoms with van der Waals surface area (Å²) < 4.78 is 38.1. The number of hydrogen-bond donors (Lipinski definition) is 1. The van der Waals surface area contributed by atoms with Crippen molar-refractivity contribution in [3.8, 4) is 0 Å². The Hall–Kier alpha value is -1.53. The Balaban J connectivity index is 2.22. The molecule has 1 unspecified atom stereocenters. The fraction of sp³-hybridized carbons (Fsp3) is 0.692. The monoisotopic (exact) mass is 288 g/mol. The molecule has 1 aromatic rings. The first-order chi connectivity index (χ1) is 9.40. The van der Waals surface area contributed by atoms with E-state index in [1.165, 1.54) is 6.07 Å². The van der Waals surface area contributed by atoms with Gasteiger partial charge in [0.15, 0.2) is 0 Å². The summed E-state index contributed by atoms with van der Waals surface area (Å²) in [4.78, 5) is 8.78. The van der Waals surface area contributed by atoms with Crippen LogP contribution in [0, 0.1) is 5.92 Å². The van der Waals surface area contributed by atoms with Crippen LogP contribution in [0.2, 0.25) is 0 Å². The molecule has 1 atom stereocenters. The van der Waals surface area contributed by atoms with Crippen LogP contribution in [0.4, 0.5) is 24.8 Å². The van der Waals surface area contributed by atoms with Gasteiger partial charge in [-0.1, -0.05) is 13.3 Å². The number of halogens is 3. The smallest absolute Gasteiger partial charge is 0.384 e. The van der Waals surface area contributed by atoms with Gasteiger partial charge in [-0.2, -0.15) is 13.2 Å². The fourth-order valence-corrected chi connectivity index (χ4v) is 2.54. The van der Waals surface area contributed by atoms with E-state index in [1.807, 2.05) is 4.90 Å². The molecule has 1 fully saturated rings. The van der Waals surface area contributed by atoms with Crippen LogP contribution >= 0.6 is 0 Å². The van der Waals surface area contributed by atoms with Crippen molar-refractivity contribution in [2.24, 2.45) is 5.92 Å². The molecular weight excluding hydrogens is 269 g/mol. The third kappa shape index (κ3) is 3.52. The summed E-state index contributed by atoms with van der Waals surface area (Å²) in [6.07, 6.45) is -0.416. The van der Waals surface area contributed by atoms with Crippen LogP contribution in [-0.2, 0) is 6.18 Å². The largest absolute Gasteiger partial charge is 0.451 e. The van der Waals surface area contributed by atoms with Crippen molar-refractivity contribution in [1.82, 2.24) is 9.97 Å². The molecule has 0 aliphatic carbocycles. The second kappa shape index (κ2) is 5.85. The third-order valence-electron chi connectivity index (χ3n) is 3.73. The maximum atomic E-state index is 12.7. The Bertz CT molecular complexity index is 461. The zero-order chi connectivity index (χ0) is 14.8. The summed E-state index contributed by atoms with van der Waals surface area (Å²) in [6, 6.07) is 1.42. The highest BCUT2D eigenvalue weighted by atomic mass is 19.4. The first kappa shape index (κ1) is 14.9. The van der Waals surface area contributed by atoms with Gasteiger partial charge in [-0.25, -0.2) is 9.97 Å². The fourth-order valence-electron chi connectivity index (χ4n) is 2.54. The van der Waals surface area contributed by atoms with Gasteiger partial charge >= 0.3 is 6.18 Å². The van der Waals surface area contributed by atoms with E-state index >= 15 is 0 Å². The molecule has 2 heterocycles. The van der Waals surface area contributed by atoms with Crippen LogP contribution in [0.15, 0.2) is 6.07 Å². The molecule has 1 aliphatic heterocycles. The van der Waals surface area contributed by atoms with E-state index in [2.05, 4.69) is 16.9 Å². The lowest BCUT2D eigenvalue weighted by Crippen LogP contribution is -2.27. The van der Waals surface area contributed by atoms with E-state index in [0.29, 0.717) is 19.0 Å². The topological polar surface area (TPSA) is 55.0 Å². The number of hydrogen-bond acceptors (Lipinski definition) is 4. The number of nitrogens with two attached hydrogens (primary N) is 1. The van der Waals surface area contributed by atoms with Crippen molar-refractivity contribution >= 4 is 11.6 Å². The average Bonchev–Trinajstić information content (AvgIpc) is 2.62. The van der Waals surface area contributed by atoms with Crippen LogP contribution < -0.4 is 10.6 Å². The highest BCUT2D eigenvalue weighted by Crippen LogP contribution is 2.30. The summed E-state index contributed by atoms with van der Waals surface area (Å²) in [6.45, 7) is 3.57. The lowest BCUT2D eigenvalue weighted by molar-refractivity contribution is -0.144. The van der Waals surface area contributed by atoms with Crippen LogP contribution in [0.1, 0.15) is 38.4 Å². The molecule has 0 bridgehead atoms. The summed E-state index contributed by atoms with van der Waals surface area (Å²) in [5.41, 5.74) is 5.48. The minimum atomic E-state index is -4.57. The standard InChI is InChI=1S/C13H19F3N4/c1-2-9-4-3-6-20(7-5-9)11-8-10(17)18-12(19-11)13(14,15)16/h8-9H,2-7H2,1H3,(H2,17,18,19). The molecule has 0 spiro atoms. The number of anilines is 2. The second-order valence-corrected chi connectivity index (χ2v) is 5.16. The van der Waals surface area contributed by atoms with Crippen molar-refractivity contribution in [1.29, 1.82) is 0 Å². The molecule has 0 saturated carbocycles. The van der Waals surface area contributed by atoms with Crippen molar-refractivity contribution in [2.75, 3.05) is 23.7 Å². The zero-order valence-electron chi connectivity index (χ0n) is 11.5. The number of rotatable bonds is 2. The van der Waals surface area contributed by atoms with Gasteiger partial charge in [-0.15, -0.1) is 0 Å². The summed E-state index contributed by atoms with van der Waals surface area (Å²) in [5.74, 6) is -0.384. The predicted octanol–water partition coefficient (Wildman–Crippen LogP) is 3.09. The molecule has 112 valence electrons. The van der Waals surface area contributed by atoms with Crippen molar-refractivity contribution in [2.45, 2.75) is 38.8 Å². The lowest BCUT2D eigenvalue weighted by Gasteiger charge is -2.22. The second-order valence-electron chi connectivity index (χ2n) is 5.16. The van der Waals surface area contributed by atoms with E-state index in [-0.39, 0.29) is 11.6 Å². The Morgan fingerprint density at radius 3 is 2.70 bits per heavy atom. The van der Waals surface area contributed by atoms with Gasteiger partial charge in [0.1, 0.15) is 11.6 Å². The Morgan fingerprint density at radius 1 is 1.30 bits per heavy atom. The highest BCUT2D eigenvalue weighted by molar-refractivity contribution is 5.47. The number of nitrogens with zero attached hydrogens (tertiary/aromatic N) is 3. The van der Waals surface area contributed by atoms with E-state index < -0.39 is 12.0 Å². The molecular formula is C13H19F3N4. The minimum Gasteiger partial charge on any atom is -0.384 e. The number of nitrogen functional groups attached to an aromatic ring is 1. The zero-order valence-corrected chi connectivity index (χ0v) is 11.5.